The van der Waals surface area contributed by atoms with E-state index >= 15 is 0 Å². The Morgan fingerprint density at radius 3 is 2.82 bits per heavy atom. The average Bonchev–Trinajstić information content (AvgIpc) is 2.28. The molecule has 0 spiro atoms. The fourth-order valence-electron chi connectivity index (χ4n) is 1.96. The molecule has 0 atom stereocenters. The molecule has 1 aliphatic carbocycles. The summed E-state index contributed by atoms with van der Waals surface area (Å²) in [5.41, 5.74) is 6.51. The topological polar surface area (TPSA) is 77.2 Å². The number of anilines is 2. The van der Waals surface area contributed by atoms with Gasteiger partial charge in [0, 0.05) is 5.54 Å². The Kier molecular flexibility index (Phi) is 2.92. The lowest BCUT2D eigenvalue weighted by Crippen LogP contribution is -2.42. The molecule has 0 unspecified atom stereocenters. The van der Waals surface area contributed by atoms with Crippen LogP contribution in [0.1, 0.15) is 36.5 Å². The lowest BCUT2D eigenvalue weighted by atomic mass is 9.78. The van der Waals surface area contributed by atoms with Crippen molar-refractivity contribution in [1.29, 1.82) is 0 Å². The molecular weight excluding hydrogens is 218 g/mol. The first-order valence-corrected chi connectivity index (χ1v) is 5.66. The van der Waals surface area contributed by atoms with E-state index in [1.54, 1.807) is 6.07 Å². The first kappa shape index (κ1) is 11.7. The van der Waals surface area contributed by atoms with Gasteiger partial charge in [-0.25, -0.2) is 9.78 Å². The van der Waals surface area contributed by atoms with Crippen molar-refractivity contribution in [2.24, 2.45) is 0 Å². The second kappa shape index (κ2) is 4.24. The number of ether oxygens (including phenoxy) is 1. The fourth-order valence-corrected chi connectivity index (χ4v) is 1.96. The number of nitrogen functional groups attached to an aromatic ring is 1. The van der Waals surface area contributed by atoms with E-state index in [4.69, 9.17) is 10.5 Å². The summed E-state index contributed by atoms with van der Waals surface area (Å²) in [6.07, 6.45) is 4.90. The Hall–Kier alpha value is -1.78. The van der Waals surface area contributed by atoms with Crippen molar-refractivity contribution < 1.29 is 9.53 Å². The zero-order valence-corrected chi connectivity index (χ0v) is 10.1. The smallest absolute Gasteiger partial charge is 0.341 e. The molecule has 0 radical (unpaired) electrons. The molecule has 17 heavy (non-hydrogen) atoms. The third-order valence-corrected chi connectivity index (χ3v) is 3.19. The number of aromatic nitrogens is 1. The highest BCUT2D eigenvalue weighted by molar-refractivity contribution is 5.95. The van der Waals surface area contributed by atoms with Crippen molar-refractivity contribution in [1.82, 2.24) is 4.98 Å². The monoisotopic (exact) mass is 235 g/mol. The highest BCUT2D eigenvalue weighted by atomic mass is 16.5. The first-order chi connectivity index (χ1) is 8.04. The number of hydrogen-bond donors (Lipinski definition) is 2. The van der Waals surface area contributed by atoms with E-state index in [9.17, 15) is 4.79 Å². The number of pyridine rings is 1. The zero-order chi connectivity index (χ0) is 12.5. The Morgan fingerprint density at radius 1 is 1.59 bits per heavy atom. The number of esters is 1. The molecule has 0 aromatic carbocycles. The van der Waals surface area contributed by atoms with E-state index in [1.807, 2.05) is 0 Å². The molecule has 0 aliphatic heterocycles. The van der Waals surface area contributed by atoms with Crippen LogP contribution in [0, 0.1) is 0 Å². The predicted octanol–water partition coefficient (Wildman–Crippen LogP) is 1.80. The van der Waals surface area contributed by atoms with E-state index < -0.39 is 5.97 Å². The molecule has 1 saturated carbocycles. The van der Waals surface area contributed by atoms with Gasteiger partial charge in [0.2, 0.25) is 0 Å². The lowest BCUT2D eigenvalue weighted by molar-refractivity contribution is 0.0601. The molecule has 92 valence electrons. The number of nitrogens with zero attached hydrogens (tertiary/aromatic N) is 1. The lowest BCUT2D eigenvalue weighted by Gasteiger charge is -2.39. The third-order valence-electron chi connectivity index (χ3n) is 3.19. The van der Waals surface area contributed by atoms with E-state index in [1.165, 1.54) is 19.7 Å². The minimum atomic E-state index is -0.421. The summed E-state index contributed by atoms with van der Waals surface area (Å²) in [6.45, 7) is 2.12. The SMILES string of the molecule is COC(=O)c1cc(N)cnc1NC1(C)CCC1. The van der Waals surface area contributed by atoms with Crippen molar-refractivity contribution >= 4 is 17.5 Å². The van der Waals surface area contributed by atoms with Crippen LogP contribution < -0.4 is 11.1 Å². The summed E-state index contributed by atoms with van der Waals surface area (Å²) in [5, 5.41) is 3.30. The number of carbonyl (C=O) groups excluding carboxylic acids is 1. The van der Waals surface area contributed by atoms with Crippen molar-refractivity contribution in [3.05, 3.63) is 17.8 Å². The Balaban J connectivity index is 2.29. The zero-order valence-electron chi connectivity index (χ0n) is 10.1. The largest absolute Gasteiger partial charge is 0.465 e. The van der Waals surface area contributed by atoms with Crippen LogP contribution in [0.25, 0.3) is 0 Å². The molecule has 2 rings (SSSR count). The molecule has 0 amide bonds. The maximum absolute atomic E-state index is 11.6. The van der Waals surface area contributed by atoms with Crippen LogP contribution in [0.4, 0.5) is 11.5 Å². The van der Waals surface area contributed by atoms with Crippen LogP contribution in [-0.2, 0) is 4.74 Å². The summed E-state index contributed by atoms with van der Waals surface area (Å²) in [5.74, 6) is 0.128. The molecule has 5 heteroatoms. The van der Waals surface area contributed by atoms with Gasteiger partial charge < -0.3 is 15.8 Å². The van der Waals surface area contributed by atoms with Gasteiger partial charge in [-0.1, -0.05) is 0 Å². The molecule has 1 fully saturated rings. The normalized spacial score (nSPS) is 17.1. The fraction of sp³-hybridized carbons (Fsp3) is 0.500. The molecule has 5 nitrogen and oxygen atoms in total. The first-order valence-electron chi connectivity index (χ1n) is 5.66. The predicted molar refractivity (Wildman–Crippen MR) is 65.9 cm³/mol. The summed E-state index contributed by atoms with van der Waals surface area (Å²) in [4.78, 5) is 15.8. The van der Waals surface area contributed by atoms with Crippen molar-refractivity contribution in [2.45, 2.75) is 31.7 Å². The number of nitrogens with two attached hydrogens (primary N) is 1. The molecule has 1 aliphatic rings. The van der Waals surface area contributed by atoms with Gasteiger partial charge in [0.15, 0.2) is 0 Å². The van der Waals surface area contributed by atoms with E-state index in [0.29, 0.717) is 17.1 Å². The van der Waals surface area contributed by atoms with Gasteiger partial charge in [-0.15, -0.1) is 0 Å². The van der Waals surface area contributed by atoms with Gasteiger partial charge in [0.1, 0.15) is 11.4 Å². The quantitative estimate of drug-likeness (QED) is 0.781. The van der Waals surface area contributed by atoms with Gasteiger partial charge in [0.25, 0.3) is 0 Å². The summed E-state index contributed by atoms with van der Waals surface area (Å²) in [7, 11) is 1.35. The van der Waals surface area contributed by atoms with Crippen molar-refractivity contribution in [3.8, 4) is 0 Å². The number of methoxy groups -OCH3 is 1. The Morgan fingerprint density at radius 2 is 2.29 bits per heavy atom. The van der Waals surface area contributed by atoms with Gasteiger partial charge >= 0.3 is 5.97 Å². The number of nitrogens with one attached hydrogen (secondary N) is 1. The van der Waals surface area contributed by atoms with Crippen LogP contribution >= 0.6 is 0 Å². The third kappa shape index (κ3) is 2.33. The van der Waals surface area contributed by atoms with Crippen molar-refractivity contribution in [3.63, 3.8) is 0 Å². The highest BCUT2D eigenvalue weighted by Crippen LogP contribution is 2.35. The molecule has 0 bridgehead atoms. The van der Waals surface area contributed by atoms with Crippen LogP contribution in [0.5, 0.6) is 0 Å². The molecule has 1 heterocycles. The molecule has 3 N–H and O–H groups in total. The maximum atomic E-state index is 11.6. The minimum Gasteiger partial charge on any atom is -0.465 e. The summed E-state index contributed by atoms with van der Waals surface area (Å²) in [6, 6.07) is 1.59. The number of carbonyl (C=O) groups is 1. The Labute approximate surface area is 100 Å². The van der Waals surface area contributed by atoms with Gasteiger partial charge in [-0.2, -0.15) is 0 Å². The minimum absolute atomic E-state index is 0.0336. The molecule has 1 aromatic rings. The van der Waals surface area contributed by atoms with Gasteiger partial charge in [-0.05, 0) is 32.3 Å². The van der Waals surface area contributed by atoms with Crippen LogP contribution in [0.15, 0.2) is 12.3 Å². The van der Waals surface area contributed by atoms with Gasteiger partial charge in [-0.3, -0.25) is 0 Å². The number of hydrogen-bond acceptors (Lipinski definition) is 5. The highest BCUT2D eigenvalue weighted by Gasteiger charge is 2.33. The van der Waals surface area contributed by atoms with Crippen LogP contribution in [0.3, 0.4) is 0 Å². The molecular formula is C12H17N3O2. The molecule has 0 saturated heterocycles. The molecule has 1 aromatic heterocycles. The Bertz CT molecular complexity index is 441. The van der Waals surface area contributed by atoms with Crippen molar-refractivity contribution in [2.75, 3.05) is 18.2 Å². The maximum Gasteiger partial charge on any atom is 0.341 e. The van der Waals surface area contributed by atoms with Crippen LogP contribution in [-0.4, -0.2) is 23.6 Å². The standard InChI is InChI=1S/C12H17N3O2/c1-12(4-3-5-12)15-10-9(11(16)17-2)6-8(13)7-14-10/h6-7H,3-5,13H2,1-2H3,(H,14,15). The second-order valence-electron chi connectivity index (χ2n) is 4.70. The van der Waals surface area contributed by atoms with E-state index in [2.05, 4.69) is 17.2 Å². The van der Waals surface area contributed by atoms with Gasteiger partial charge in [0.05, 0.1) is 19.0 Å². The van der Waals surface area contributed by atoms with E-state index in [0.717, 1.165) is 12.8 Å². The summed E-state index contributed by atoms with van der Waals surface area (Å²) >= 11 is 0. The number of rotatable bonds is 3. The van der Waals surface area contributed by atoms with Crippen LogP contribution in [0.2, 0.25) is 0 Å². The summed E-state index contributed by atoms with van der Waals surface area (Å²) < 4.78 is 4.72. The second-order valence-corrected chi connectivity index (χ2v) is 4.70. The van der Waals surface area contributed by atoms with E-state index in [-0.39, 0.29) is 5.54 Å². The average molecular weight is 235 g/mol.